The van der Waals surface area contributed by atoms with Crippen LogP contribution in [-0.2, 0) is 18.3 Å². The van der Waals surface area contributed by atoms with E-state index in [9.17, 15) is 4.79 Å². The van der Waals surface area contributed by atoms with Gasteiger partial charge in [-0.15, -0.1) is 0 Å². The van der Waals surface area contributed by atoms with Crippen LogP contribution in [0.5, 0.6) is 0 Å². The van der Waals surface area contributed by atoms with Gasteiger partial charge >= 0.3 is 5.97 Å². The van der Waals surface area contributed by atoms with Crippen molar-refractivity contribution in [1.82, 2.24) is 9.55 Å². The van der Waals surface area contributed by atoms with E-state index in [2.05, 4.69) is 9.55 Å². The van der Waals surface area contributed by atoms with Crippen LogP contribution in [0, 0.1) is 6.92 Å². The van der Waals surface area contributed by atoms with Crippen LogP contribution in [0.3, 0.4) is 0 Å². The lowest BCUT2D eigenvalue weighted by Crippen LogP contribution is -2.11. The predicted octanol–water partition coefficient (Wildman–Crippen LogP) is 2.79. The molecule has 18 heavy (non-hydrogen) atoms. The Kier molecular flexibility index (Phi) is 4.04. The average molecular weight is 250 g/mol. The van der Waals surface area contributed by atoms with Gasteiger partial charge in [-0.3, -0.25) is 4.79 Å². The van der Waals surface area contributed by atoms with E-state index in [1.807, 2.05) is 14.0 Å². The third-order valence-corrected chi connectivity index (χ3v) is 3.97. The molecule has 1 aromatic heterocycles. The summed E-state index contributed by atoms with van der Waals surface area (Å²) in [6, 6.07) is 0. The highest BCUT2D eigenvalue weighted by Gasteiger charge is 2.22. The minimum absolute atomic E-state index is 0.161. The molecule has 0 aromatic carbocycles. The van der Waals surface area contributed by atoms with Gasteiger partial charge < -0.3 is 9.67 Å². The second kappa shape index (κ2) is 5.55. The molecule has 1 fully saturated rings. The zero-order valence-electron chi connectivity index (χ0n) is 11.3. The molecular weight excluding hydrogens is 228 g/mol. The summed E-state index contributed by atoms with van der Waals surface area (Å²) in [6.07, 6.45) is 7.14. The first-order valence-electron chi connectivity index (χ1n) is 6.83. The van der Waals surface area contributed by atoms with E-state index < -0.39 is 5.97 Å². The van der Waals surface area contributed by atoms with E-state index in [1.54, 1.807) is 0 Å². The highest BCUT2D eigenvalue weighted by atomic mass is 16.4. The standard InChI is InChI=1S/C14H22N2O2/c1-10-14(11-6-4-3-5-7-11)16(2)12(15-10)8-9-13(17)18/h11H,3-9H2,1-2H3,(H,17,18). The zero-order valence-corrected chi connectivity index (χ0v) is 11.3. The quantitative estimate of drug-likeness (QED) is 0.894. The van der Waals surface area contributed by atoms with Gasteiger partial charge in [-0.1, -0.05) is 19.3 Å². The Morgan fingerprint density at radius 2 is 2.06 bits per heavy atom. The molecule has 0 amide bonds. The fraction of sp³-hybridized carbons (Fsp3) is 0.714. The maximum atomic E-state index is 10.6. The maximum Gasteiger partial charge on any atom is 0.303 e. The molecule has 0 bridgehead atoms. The third kappa shape index (κ3) is 2.74. The van der Waals surface area contributed by atoms with Gasteiger partial charge in [-0.2, -0.15) is 0 Å². The fourth-order valence-corrected chi connectivity index (χ4v) is 3.10. The summed E-state index contributed by atoms with van der Waals surface area (Å²) in [5, 5.41) is 8.75. The van der Waals surface area contributed by atoms with Gasteiger partial charge in [0.1, 0.15) is 5.82 Å². The molecule has 1 aliphatic rings. The Balaban J connectivity index is 2.17. The van der Waals surface area contributed by atoms with Crippen LogP contribution >= 0.6 is 0 Å². The summed E-state index contributed by atoms with van der Waals surface area (Å²) in [6.45, 7) is 2.05. The van der Waals surface area contributed by atoms with Crippen molar-refractivity contribution < 1.29 is 9.90 Å². The first-order valence-corrected chi connectivity index (χ1v) is 6.83. The van der Waals surface area contributed by atoms with Gasteiger partial charge in [-0.25, -0.2) is 4.98 Å². The highest BCUT2D eigenvalue weighted by molar-refractivity contribution is 5.66. The number of rotatable bonds is 4. The topological polar surface area (TPSA) is 55.1 Å². The number of imidazole rings is 1. The minimum atomic E-state index is -0.755. The fourth-order valence-electron chi connectivity index (χ4n) is 3.10. The van der Waals surface area contributed by atoms with E-state index in [1.165, 1.54) is 37.8 Å². The molecule has 0 aliphatic heterocycles. The molecular formula is C14H22N2O2. The normalized spacial score (nSPS) is 17.0. The second-order valence-corrected chi connectivity index (χ2v) is 5.29. The van der Waals surface area contributed by atoms with Crippen molar-refractivity contribution in [3.05, 3.63) is 17.2 Å². The summed E-state index contributed by atoms with van der Waals surface area (Å²) in [7, 11) is 2.03. The molecule has 0 unspecified atom stereocenters. The van der Waals surface area contributed by atoms with Crippen molar-refractivity contribution in [1.29, 1.82) is 0 Å². The number of carboxylic acid groups (broad SMARTS) is 1. The number of aromatic nitrogens is 2. The minimum Gasteiger partial charge on any atom is -0.481 e. The van der Waals surface area contributed by atoms with Crippen molar-refractivity contribution in [2.45, 2.75) is 57.8 Å². The molecule has 0 spiro atoms. The highest BCUT2D eigenvalue weighted by Crippen LogP contribution is 2.34. The Morgan fingerprint density at radius 1 is 1.39 bits per heavy atom. The van der Waals surface area contributed by atoms with Gasteiger partial charge in [0, 0.05) is 25.1 Å². The van der Waals surface area contributed by atoms with Crippen LogP contribution in [0.1, 0.15) is 61.7 Å². The number of nitrogens with zero attached hydrogens (tertiary/aromatic N) is 2. The lowest BCUT2D eigenvalue weighted by atomic mass is 9.86. The summed E-state index contributed by atoms with van der Waals surface area (Å²) in [4.78, 5) is 15.2. The summed E-state index contributed by atoms with van der Waals surface area (Å²) in [5.74, 6) is 0.778. The first kappa shape index (κ1) is 13.1. The van der Waals surface area contributed by atoms with E-state index in [0.29, 0.717) is 12.3 Å². The Morgan fingerprint density at radius 3 is 2.67 bits per heavy atom. The number of hydrogen-bond acceptors (Lipinski definition) is 2. The van der Waals surface area contributed by atoms with Gasteiger partial charge in [0.25, 0.3) is 0 Å². The molecule has 4 nitrogen and oxygen atoms in total. The third-order valence-electron chi connectivity index (χ3n) is 3.97. The molecule has 1 aromatic rings. The SMILES string of the molecule is Cc1nc(CCC(=O)O)n(C)c1C1CCCCC1. The Hall–Kier alpha value is -1.32. The van der Waals surface area contributed by atoms with Crippen molar-refractivity contribution in [3.8, 4) is 0 Å². The van der Waals surface area contributed by atoms with Crippen molar-refractivity contribution in [2.75, 3.05) is 0 Å². The van der Waals surface area contributed by atoms with E-state index in [4.69, 9.17) is 5.11 Å². The summed E-state index contributed by atoms with van der Waals surface area (Å²) < 4.78 is 2.13. The van der Waals surface area contributed by atoms with Crippen molar-refractivity contribution in [3.63, 3.8) is 0 Å². The maximum absolute atomic E-state index is 10.6. The molecule has 4 heteroatoms. The number of carbonyl (C=O) groups is 1. The monoisotopic (exact) mass is 250 g/mol. The van der Waals surface area contributed by atoms with Crippen LogP contribution in [0.25, 0.3) is 0 Å². The van der Waals surface area contributed by atoms with E-state index in [-0.39, 0.29) is 6.42 Å². The second-order valence-electron chi connectivity index (χ2n) is 5.29. The number of hydrogen-bond donors (Lipinski definition) is 1. The Bertz CT molecular complexity index is 431. The van der Waals surface area contributed by atoms with Gasteiger partial charge in [0.15, 0.2) is 0 Å². The van der Waals surface area contributed by atoms with Gasteiger partial charge in [0.2, 0.25) is 0 Å². The van der Waals surface area contributed by atoms with Gasteiger partial charge in [0.05, 0.1) is 12.1 Å². The van der Waals surface area contributed by atoms with Crippen LogP contribution in [0.4, 0.5) is 0 Å². The van der Waals surface area contributed by atoms with Crippen LogP contribution < -0.4 is 0 Å². The largest absolute Gasteiger partial charge is 0.481 e. The molecule has 1 heterocycles. The molecule has 1 N–H and O–H groups in total. The molecule has 2 rings (SSSR count). The summed E-state index contributed by atoms with van der Waals surface area (Å²) >= 11 is 0. The average Bonchev–Trinajstić information content (AvgIpc) is 2.63. The lowest BCUT2D eigenvalue weighted by Gasteiger charge is -2.23. The molecule has 100 valence electrons. The molecule has 0 radical (unpaired) electrons. The van der Waals surface area contributed by atoms with Crippen LogP contribution in [0.15, 0.2) is 0 Å². The van der Waals surface area contributed by atoms with E-state index in [0.717, 1.165) is 11.5 Å². The number of aryl methyl sites for hydroxylation is 2. The summed E-state index contributed by atoms with van der Waals surface area (Å²) in [5.41, 5.74) is 2.42. The molecule has 0 saturated heterocycles. The van der Waals surface area contributed by atoms with E-state index >= 15 is 0 Å². The van der Waals surface area contributed by atoms with Crippen LogP contribution in [0.2, 0.25) is 0 Å². The molecule has 0 atom stereocenters. The first-order chi connectivity index (χ1) is 8.59. The van der Waals surface area contributed by atoms with Crippen LogP contribution in [-0.4, -0.2) is 20.6 Å². The predicted molar refractivity (Wildman–Crippen MR) is 69.7 cm³/mol. The molecule has 1 aliphatic carbocycles. The van der Waals surface area contributed by atoms with Gasteiger partial charge in [-0.05, 0) is 19.8 Å². The number of carboxylic acids is 1. The molecule has 1 saturated carbocycles. The lowest BCUT2D eigenvalue weighted by molar-refractivity contribution is -0.137. The smallest absolute Gasteiger partial charge is 0.303 e. The van der Waals surface area contributed by atoms with Crippen molar-refractivity contribution >= 4 is 5.97 Å². The Labute approximate surface area is 108 Å². The van der Waals surface area contributed by atoms with Crippen molar-refractivity contribution in [2.24, 2.45) is 7.05 Å². The zero-order chi connectivity index (χ0) is 13.1. The number of aliphatic carboxylic acids is 1.